The number of hydrogen-bond acceptors (Lipinski definition) is 0. The van der Waals surface area contributed by atoms with E-state index in [0.29, 0.717) is 5.41 Å². The Labute approximate surface area is 142 Å². The summed E-state index contributed by atoms with van der Waals surface area (Å²) in [7, 11) is 0.777. The molecule has 0 aliphatic rings. The third-order valence-electron chi connectivity index (χ3n) is 3.48. The van der Waals surface area contributed by atoms with Crippen LogP contribution in [0.2, 0.25) is 0 Å². The minimum atomic E-state index is 0.293. The molecule has 0 radical (unpaired) electrons. The molecule has 0 unspecified atom stereocenters. The molecule has 0 amide bonds. The van der Waals surface area contributed by atoms with Crippen LogP contribution in [-0.2, 0) is 5.41 Å². The molecule has 118 valence electrons. The Kier molecular flexibility index (Phi) is 6.56. The molecule has 0 saturated carbocycles. The fourth-order valence-electron chi connectivity index (χ4n) is 2.15. The van der Waals surface area contributed by atoms with Crippen molar-refractivity contribution in [3.05, 3.63) is 96.6 Å². The van der Waals surface area contributed by atoms with Gasteiger partial charge < -0.3 is 0 Å². The summed E-state index contributed by atoms with van der Waals surface area (Å²) < 4.78 is 0. The maximum absolute atomic E-state index is 2.22. The molecule has 3 rings (SSSR count). The lowest BCUT2D eigenvalue weighted by Gasteiger charge is -2.18. The molecule has 0 N–H and O–H groups in total. The van der Waals surface area contributed by atoms with E-state index in [1.807, 2.05) is 0 Å². The maximum atomic E-state index is 2.22. The summed E-state index contributed by atoms with van der Waals surface area (Å²) in [5, 5.41) is 2.79. The van der Waals surface area contributed by atoms with Gasteiger partial charge in [0.15, 0.2) is 0 Å². The summed E-state index contributed by atoms with van der Waals surface area (Å²) in [5.74, 6) is 0. The molecule has 0 nitrogen and oxygen atoms in total. The molecule has 3 aromatic carbocycles. The van der Waals surface area contributed by atoms with E-state index in [1.165, 1.54) is 16.2 Å². The van der Waals surface area contributed by atoms with Gasteiger partial charge in [0.05, 0.1) is 0 Å². The molecule has 0 atom stereocenters. The van der Waals surface area contributed by atoms with Gasteiger partial charge in [-0.2, -0.15) is 0 Å². The van der Waals surface area contributed by atoms with Crippen molar-refractivity contribution < 1.29 is 0 Å². The number of hydrogen-bond donors (Lipinski definition) is 0. The van der Waals surface area contributed by atoms with E-state index in [-0.39, 0.29) is 0 Å². The molecule has 1 heteroatoms. The Morgan fingerprint density at radius 3 is 1.17 bits per heavy atom. The van der Waals surface area contributed by atoms with E-state index >= 15 is 0 Å². The van der Waals surface area contributed by atoms with E-state index in [1.54, 1.807) is 0 Å². The average Bonchev–Trinajstić information content (AvgIpc) is 2.57. The van der Waals surface area contributed by atoms with Crippen molar-refractivity contribution in [3.8, 4) is 0 Å². The number of rotatable bonds is 2. The SMILES string of the molecule is CC(C)(C)c1ccccc1.c1ccc(Pc2ccccc2)cc1. The van der Waals surface area contributed by atoms with Crippen LogP contribution in [0, 0.1) is 0 Å². The minimum absolute atomic E-state index is 0.293. The normalized spacial score (nSPS) is 10.6. The molecule has 0 aromatic heterocycles. The Morgan fingerprint density at radius 1 is 0.522 bits per heavy atom. The summed E-state index contributed by atoms with van der Waals surface area (Å²) in [4.78, 5) is 0. The molecule has 0 saturated heterocycles. The molecular formula is C22H25P. The summed E-state index contributed by atoms with van der Waals surface area (Å²) in [6, 6.07) is 31.7. The van der Waals surface area contributed by atoms with Gasteiger partial charge in [-0.05, 0) is 21.6 Å². The van der Waals surface area contributed by atoms with E-state index in [9.17, 15) is 0 Å². The predicted octanol–water partition coefficient (Wildman–Crippen LogP) is 5.30. The monoisotopic (exact) mass is 320 g/mol. The Bertz CT molecular complexity index is 630. The second-order valence-electron chi connectivity index (χ2n) is 6.47. The van der Waals surface area contributed by atoms with Crippen LogP contribution in [0.3, 0.4) is 0 Å². The van der Waals surface area contributed by atoms with Gasteiger partial charge in [-0.3, -0.25) is 0 Å². The van der Waals surface area contributed by atoms with Crippen LogP contribution in [0.4, 0.5) is 0 Å². The van der Waals surface area contributed by atoms with Gasteiger partial charge in [0.1, 0.15) is 0 Å². The predicted molar refractivity (Wildman–Crippen MR) is 106 cm³/mol. The average molecular weight is 320 g/mol. The standard InChI is InChI=1S/C12H11P.C10H14/c1-3-7-11(8-4-1)13-12-9-5-2-6-10-12;1-10(2,3)9-7-5-4-6-8-9/h1-10,13H;4-8H,1-3H3. The van der Waals surface area contributed by atoms with E-state index in [0.717, 1.165) is 8.58 Å². The topological polar surface area (TPSA) is 0 Å². The summed E-state index contributed by atoms with van der Waals surface area (Å²) in [6.45, 7) is 6.67. The van der Waals surface area contributed by atoms with E-state index in [4.69, 9.17) is 0 Å². The fraction of sp³-hybridized carbons (Fsp3) is 0.182. The number of benzene rings is 3. The second-order valence-corrected chi connectivity index (χ2v) is 7.88. The van der Waals surface area contributed by atoms with Crippen molar-refractivity contribution >= 4 is 19.2 Å². The van der Waals surface area contributed by atoms with Crippen molar-refractivity contribution in [1.82, 2.24) is 0 Å². The first-order chi connectivity index (χ1) is 11.1. The molecule has 0 heterocycles. The lowest BCUT2D eigenvalue weighted by Crippen LogP contribution is -2.10. The quantitative estimate of drug-likeness (QED) is 0.562. The zero-order valence-corrected chi connectivity index (χ0v) is 15.2. The molecule has 3 aromatic rings. The van der Waals surface area contributed by atoms with Crippen LogP contribution in [0.25, 0.3) is 0 Å². The Hall–Kier alpha value is -1.91. The van der Waals surface area contributed by atoms with Gasteiger partial charge >= 0.3 is 0 Å². The van der Waals surface area contributed by atoms with Crippen LogP contribution in [0.15, 0.2) is 91.0 Å². The highest BCUT2D eigenvalue weighted by Crippen LogP contribution is 2.20. The summed E-state index contributed by atoms with van der Waals surface area (Å²) in [6.07, 6.45) is 0. The van der Waals surface area contributed by atoms with Crippen LogP contribution in [-0.4, -0.2) is 0 Å². The third kappa shape index (κ3) is 6.38. The Morgan fingerprint density at radius 2 is 0.870 bits per heavy atom. The first-order valence-electron chi connectivity index (χ1n) is 7.98. The highest BCUT2D eigenvalue weighted by Gasteiger charge is 2.11. The van der Waals surface area contributed by atoms with Crippen LogP contribution in [0.5, 0.6) is 0 Å². The first-order valence-corrected chi connectivity index (χ1v) is 8.98. The van der Waals surface area contributed by atoms with Crippen LogP contribution in [0.1, 0.15) is 26.3 Å². The zero-order valence-electron chi connectivity index (χ0n) is 14.2. The van der Waals surface area contributed by atoms with Gasteiger partial charge in [-0.25, -0.2) is 0 Å². The molecule has 0 spiro atoms. The molecule has 23 heavy (non-hydrogen) atoms. The molecule has 0 aliphatic heterocycles. The minimum Gasteiger partial charge on any atom is -0.0622 e. The first kappa shape index (κ1) is 17.4. The van der Waals surface area contributed by atoms with Crippen molar-refractivity contribution in [1.29, 1.82) is 0 Å². The van der Waals surface area contributed by atoms with Crippen molar-refractivity contribution in [2.75, 3.05) is 0 Å². The fourth-order valence-corrected chi connectivity index (χ4v) is 3.20. The van der Waals surface area contributed by atoms with E-state index < -0.39 is 0 Å². The van der Waals surface area contributed by atoms with Crippen molar-refractivity contribution in [2.24, 2.45) is 0 Å². The highest BCUT2D eigenvalue weighted by molar-refractivity contribution is 7.55. The smallest absolute Gasteiger partial charge is 0.0132 e. The van der Waals surface area contributed by atoms with Gasteiger partial charge in [0.25, 0.3) is 0 Å². The summed E-state index contributed by atoms with van der Waals surface area (Å²) >= 11 is 0. The molecule has 0 fully saturated rings. The second kappa shape index (κ2) is 8.65. The van der Waals surface area contributed by atoms with Crippen molar-refractivity contribution in [3.63, 3.8) is 0 Å². The summed E-state index contributed by atoms with van der Waals surface area (Å²) in [5.41, 5.74) is 1.69. The third-order valence-corrected chi connectivity index (χ3v) is 4.72. The Balaban J connectivity index is 0.000000174. The van der Waals surface area contributed by atoms with Crippen molar-refractivity contribution in [2.45, 2.75) is 26.2 Å². The van der Waals surface area contributed by atoms with Crippen LogP contribution < -0.4 is 10.6 Å². The zero-order chi connectivity index (χ0) is 16.5. The largest absolute Gasteiger partial charge is 0.0622 e. The van der Waals surface area contributed by atoms with Gasteiger partial charge in [0, 0.05) is 0 Å². The molecule has 0 bridgehead atoms. The molecular weight excluding hydrogens is 295 g/mol. The van der Waals surface area contributed by atoms with E-state index in [2.05, 4.69) is 112 Å². The van der Waals surface area contributed by atoms with Crippen LogP contribution >= 0.6 is 8.58 Å². The maximum Gasteiger partial charge on any atom is -0.0132 e. The van der Waals surface area contributed by atoms with Gasteiger partial charge in [-0.1, -0.05) is 120 Å². The lowest BCUT2D eigenvalue weighted by molar-refractivity contribution is 0.590. The molecule has 0 aliphatic carbocycles. The lowest BCUT2D eigenvalue weighted by atomic mass is 9.87. The van der Waals surface area contributed by atoms with Gasteiger partial charge in [-0.15, -0.1) is 0 Å². The highest BCUT2D eigenvalue weighted by atomic mass is 31.1. The van der Waals surface area contributed by atoms with Gasteiger partial charge in [0.2, 0.25) is 0 Å².